The lowest BCUT2D eigenvalue weighted by Crippen LogP contribution is -2.45. The van der Waals surface area contributed by atoms with Crippen molar-refractivity contribution in [2.45, 2.75) is 302 Å². The summed E-state index contributed by atoms with van der Waals surface area (Å²) in [6.07, 6.45) is 70.6. The van der Waals surface area contributed by atoms with Crippen molar-refractivity contribution in [3.63, 3.8) is 0 Å². The van der Waals surface area contributed by atoms with Gasteiger partial charge in [0, 0.05) is 6.42 Å². The normalized spacial score (nSPS) is 14.2. The van der Waals surface area contributed by atoms with Gasteiger partial charge in [-0.15, -0.1) is 0 Å². The van der Waals surface area contributed by atoms with Gasteiger partial charge in [-0.1, -0.05) is 262 Å². The smallest absolute Gasteiger partial charge is 0.268 e. The molecule has 1 amide bonds. The zero-order valence-corrected chi connectivity index (χ0v) is 48.6. The third-order valence-corrected chi connectivity index (χ3v) is 14.7. The first-order valence-corrected chi connectivity index (χ1v) is 32.0. The van der Waals surface area contributed by atoms with E-state index in [0.29, 0.717) is 17.4 Å². The van der Waals surface area contributed by atoms with Crippen LogP contribution >= 0.6 is 7.82 Å². The first-order valence-electron chi connectivity index (χ1n) is 30.5. The molecule has 0 saturated heterocycles. The van der Waals surface area contributed by atoms with E-state index in [-0.39, 0.29) is 12.5 Å². The van der Waals surface area contributed by atoms with Crippen molar-refractivity contribution in [1.82, 2.24) is 5.32 Å². The van der Waals surface area contributed by atoms with Gasteiger partial charge in [-0.05, 0) is 70.6 Å². The van der Waals surface area contributed by atoms with Crippen LogP contribution in [0.2, 0.25) is 0 Å². The number of phosphoric ester groups is 1. The van der Waals surface area contributed by atoms with Crippen LogP contribution in [0.25, 0.3) is 0 Å². The second-order valence-electron chi connectivity index (χ2n) is 22.0. The molecule has 9 heteroatoms. The number of aliphatic hydroxyl groups is 1. The quantitative estimate of drug-likeness (QED) is 0.0272. The van der Waals surface area contributed by atoms with Crippen LogP contribution in [0.5, 0.6) is 0 Å². The number of unbranched alkanes of at least 4 members (excludes halogenated alkanes) is 37. The van der Waals surface area contributed by atoms with Crippen LogP contribution < -0.4 is 10.2 Å². The number of aliphatic hydroxyl groups excluding tert-OH is 1. The highest BCUT2D eigenvalue weighted by molar-refractivity contribution is 7.45. The van der Waals surface area contributed by atoms with Gasteiger partial charge in [0.2, 0.25) is 5.91 Å². The Labute approximate surface area is 441 Å². The Morgan fingerprint density at radius 1 is 0.479 bits per heavy atom. The number of hydrogen-bond donors (Lipinski definition) is 2. The molecule has 8 nitrogen and oxygen atoms in total. The van der Waals surface area contributed by atoms with Crippen LogP contribution in [0.4, 0.5) is 0 Å². The number of carbonyl (C=O) groups excluding carboxylic acids is 1. The molecule has 0 aliphatic heterocycles. The molecule has 0 aromatic rings. The molecule has 0 aromatic carbocycles. The van der Waals surface area contributed by atoms with Crippen LogP contribution in [0.1, 0.15) is 290 Å². The topological polar surface area (TPSA) is 108 Å². The van der Waals surface area contributed by atoms with Gasteiger partial charge in [-0.25, -0.2) is 0 Å². The summed E-state index contributed by atoms with van der Waals surface area (Å²) in [6, 6.07) is -0.912. The highest BCUT2D eigenvalue weighted by Gasteiger charge is 2.23. The molecule has 0 heterocycles. The van der Waals surface area contributed by atoms with Gasteiger partial charge in [0.25, 0.3) is 7.82 Å². The summed E-state index contributed by atoms with van der Waals surface area (Å²) in [5, 5.41) is 13.9. The SMILES string of the molecule is CCCCCCCCCC/C=C\CCCCCCCCCCCCCC(=O)NC(COP(=O)([O-])OCC[N+](C)(C)C)C(O)/C=C/CC/C=C/CC/C=C/CCCCCCCCCCCCCCCCCC. The maximum Gasteiger partial charge on any atom is 0.268 e. The third kappa shape index (κ3) is 56.0. The van der Waals surface area contributed by atoms with E-state index in [9.17, 15) is 19.4 Å². The maximum atomic E-state index is 13.0. The van der Waals surface area contributed by atoms with E-state index in [1.165, 1.54) is 225 Å². The van der Waals surface area contributed by atoms with E-state index >= 15 is 0 Å². The van der Waals surface area contributed by atoms with Crippen molar-refractivity contribution in [3.8, 4) is 0 Å². The van der Waals surface area contributed by atoms with Crippen LogP contribution in [-0.2, 0) is 18.4 Å². The van der Waals surface area contributed by atoms with E-state index in [1.54, 1.807) is 6.08 Å². The van der Waals surface area contributed by atoms with E-state index < -0.39 is 26.6 Å². The lowest BCUT2D eigenvalue weighted by Gasteiger charge is -2.29. The number of nitrogens with zero attached hydrogens (tertiary/aromatic N) is 1. The van der Waals surface area contributed by atoms with E-state index in [0.717, 1.165) is 44.9 Å². The Morgan fingerprint density at radius 3 is 1.14 bits per heavy atom. The number of likely N-dealkylation sites (N-methyl/N-ethyl adjacent to an activating group) is 1. The zero-order valence-electron chi connectivity index (χ0n) is 47.7. The molecule has 0 radical (unpaired) electrons. The van der Waals surface area contributed by atoms with Crippen molar-refractivity contribution in [1.29, 1.82) is 0 Å². The van der Waals surface area contributed by atoms with E-state index in [4.69, 9.17) is 9.05 Å². The number of amides is 1. The fourth-order valence-corrected chi connectivity index (χ4v) is 9.67. The molecular weight excluding hydrogens is 900 g/mol. The standard InChI is InChI=1S/C62H119N2O6P/c1-6-8-10-12-14-16-18-20-22-24-26-28-30-31-32-34-35-37-39-41-43-45-47-49-51-53-55-61(65)60(59-70-71(67,68)69-58-57-64(3,4)5)63-62(66)56-54-52-50-48-46-44-42-40-38-36-33-29-27-25-23-21-19-17-15-13-11-9-7-2/h25,27,37,39,45,47,53,55,60-61,65H,6-24,26,28-36,38,40-44,46,48-52,54,56-59H2,1-5H3,(H-,63,66,67,68)/b27-25-,39-37+,47-45+,55-53+. The highest BCUT2D eigenvalue weighted by atomic mass is 31.2. The minimum absolute atomic E-state index is 0.00923. The Morgan fingerprint density at radius 2 is 0.789 bits per heavy atom. The second kappa shape index (κ2) is 53.3. The lowest BCUT2D eigenvalue weighted by molar-refractivity contribution is -0.870. The minimum Gasteiger partial charge on any atom is -0.756 e. The van der Waals surface area contributed by atoms with Gasteiger partial charge in [-0.3, -0.25) is 9.36 Å². The number of nitrogens with one attached hydrogen (secondary N) is 1. The average molecular weight is 1020 g/mol. The Hall–Kier alpha value is -1.54. The molecule has 2 N–H and O–H groups in total. The molecule has 71 heavy (non-hydrogen) atoms. The van der Waals surface area contributed by atoms with Gasteiger partial charge in [-0.2, -0.15) is 0 Å². The van der Waals surface area contributed by atoms with E-state index in [2.05, 4.69) is 55.6 Å². The monoisotopic (exact) mass is 1020 g/mol. The first kappa shape index (κ1) is 69.5. The number of hydrogen-bond acceptors (Lipinski definition) is 6. The van der Waals surface area contributed by atoms with Crippen molar-refractivity contribution in [2.75, 3.05) is 40.9 Å². The van der Waals surface area contributed by atoms with Gasteiger partial charge >= 0.3 is 0 Å². The predicted molar refractivity (Wildman–Crippen MR) is 307 cm³/mol. The van der Waals surface area contributed by atoms with Crippen LogP contribution in [0, 0.1) is 0 Å². The number of quaternary nitrogens is 1. The number of rotatable bonds is 56. The van der Waals surface area contributed by atoms with Crippen molar-refractivity contribution in [2.24, 2.45) is 0 Å². The van der Waals surface area contributed by atoms with Crippen LogP contribution in [0.15, 0.2) is 48.6 Å². The van der Waals surface area contributed by atoms with Gasteiger partial charge in [0.15, 0.2) is 0 Å². The molecule has 0 bridgehead atoms. The van der Waals surface area contributed by atoms with Gasteiger partial charge < -0.3 is 28.8 Å². The molecular formula is C62H119N2O6P. The summed E-state index contributed by atoms with van der Waals surface area (Å²) < 4.78 is 23.4. The molecule has 0 aliphatic carbocycles. The third-order valence-electron chi connectivity index (χ3n) is 13.7. The molecule has 0 aliphatic rings. The summed E-state index contributed by atoms with van der Waals surface area (Å²) in [5.41, 5.74) is 0. The number of carbonyl (C=O) groups is 1. The number of phosphoric acid groups is 1. The number of allylic oxidation sites excluding steroid dienone is 7. The minimum atomic E-state index is -4.61. The fraction of sp³-hybridized carbons (Fsp3) is 0.855. The zero-order chi connectivity index (χ0) is 52.0. The van der Waals surface area contributed by atoms with Gasteiger partial charge in [0.1, 0.15) is 13.2 Å². The van der Waals surface area contributed by atoms with Crippen molar-refractivity contribution in [3.05, 3.63) is 48.6 Å². The molecule has 0 fully saturated rings. The fourth-order valence-electron chi connectivity index (χ4n) is 8.95. The van der Waals surface area contributed by atoms with E-state index in [1.807, 2.05) is 27.2 Å². The van der Waals surface area contributed by atoms with Crippen LogP contribution in [0.3, 0.4) is 0 Å². The summed E-state index contributed by atoms with van der Waals surface area (Å²) in [4.78, 5) is 25.5. The summed E-state index contributed by atoms with van der Waals surface area (Å²) in [6.45, 7) is 4.65. The Bertz CT molecular complexity index is 1290. The lowest BCUT2D eigenvalue weighted by atomic mass is 10.0. The van der Waals surface area contributed by atoms with Crippen LogP contribution in [-0.4, -0.2) is 68.5 Å². The summed E-state index contributed by atoms with van der Waals surface area (Å²) >= 11 is 0. The molecule has 0 saturated carbocycles. The Balaban J connectivity index is 4.24. The molecule has 418 valence electrons. The summed E-state index contributed by atoms with van der Waals surface area (Å²) in [5.74, 6) is -0.210. The molecule has 0 aromatic heterocycles. The predicted octanol–water partition coefficient (Wildman–Crippen LogP) is 18.1. The molecule has 0 rings (SSSR count). The van der Waals surface area contributed by atoms with Crippen molar-refractivity contribution < 1.29 is 32.9 Å². The molecule has 0 spiro atoms. The maximum absolute atomic E-state index is 13.0. The van der Waals surface area contributed by atoms with Gasteiger partial charge in [0.05, 0.1) is 39.9 Å². The largest absolute Gasteiger partial charge is 0.756 e. The molecule has 3 unspecified atom stereocenters. The molecule has 3 atom stereocenters. The Kier molecular flexibility index (Phi) is 52.1. The average Bonchev–Trinajstić information content (AvgIpc) is 3.33. The van der Waals surface area contributed by atoms with Crippen molar-refractivity contribution >= 4 is 13.7 Å². The first-order chi connectivity index (χ1) is 34.5. The second-order valence-corrected chi connectivity index (χ2v) is 23.4. The highest BCUT2D eigenvalue weighted by Crippen LogP contribution is 2.38. The summed E-state index contributed by atoms with van der Waals surface area (Å²) in [7, 11) is 1.24.